The average molecular weight is 277 g/mol. The van der Waals surface area contributed by atoms with Gasteiger partial charge in [0.1, 0.15) is 5.69 Å². The van der Waals surface area contributed by atoms with Crippen LogP contribution in [0.2, 0.25) is 5.02 Å². The van der Waals surface area contributed by atoms with E-state index in [0.717, 1.165) is 11.1 Å². The molecule has 0 aliphatic carbocycles. The van der Waals surface area contributed by atoms with Crippen LogP contribution in [0.1, 0.15) is 47.1 Å². The topological polar surface area (TPSA) is 34.9 Å². The Labute approximate surface area is 118 Å². The second-order valence-corrected chi connectivity index (χ2v) is 5.38. The molecule has 0 aliphatic rings. The van der Waals surface area contributed by atoms with Crippen LogP contribution < -0.4 is 0 Å². The van der Waals surface area contributed by atoms with Gasteiger partial charge in [-0.15, -0.1) is 0 Å². The molecule has 0 saturated carbocycles. The lowest BCUT2D eigenvalue weighted by Crippen LogP contribution is -2.15. The minimum absolute atomic E-state index is 0.0631. The fourth-order valence-corrected chi connectivity index (χ4v) is 2.45. The van der Waals surface area contributed by atoms with E-state index in [1.165, 1.54) is 6.20 Å². The highest BCUT2D eigenvalue weighted by atomic mass is 35.5. The molecule has 0 atom stereocenters. The minimum Gasteiger partial charge on any atom is -0.287 e. The van der Waals surface area contributed by atoms with Crippen molar-refractivity contribution in [3.8, 4) is 0 Å². The summed E-state index contributed by atoms with van der Waals surface area (Å²) in [6.45, 7) is 7.82. The van der Waals surface area contributed by atoms with Crippen LogP contribution in [0.25, 0.3) is 0 Å². The van der Waals surface area contributed by atoms with Crippen molar-refractivity contribution in [1.82, 2.24) is 9.78 Å². The quantitative estimate of drug-likeness (QED) is 0.795. The molecule has 0 fully saturated rings. The summed E-state index contributed by atoms with van der Waals surface area (Å²) in [5.74, 6) is -0.0631. The van der Waals surface area contributed by atoms with E-state index in [4.69, 9.17) is 11.6 Å². The van der Waals surface area contributed by atoms with Gasteiger partial charge in [-0.25, -0.2) is 0 Å². The second-order valence-electron chi connectivity index (χ2n) is 4.98. The first-order valence-corrected chi connectivity index (χ1v) is 6.65. The van der Waals surface area contributed by atoms with Crippen LogP contribution in [0.5, 0.6) is 0 Å². The molecule has 0 saturated heterocycles. The third-order valence-corrected chi connectivity index (χ3v) is 3.44. The van der Waals surface area contributed by atoms with Crippen molar-refractivity contribution in [2.24, 2.45) is 0 Å². The highest BCUT2D eigenvalue weighted by Gasteiger charge is 2.23. The molecule has 2 rings (SSSR count). The van der Waals surface area contributed by atoms with Gasteiger partial charge in [-0.3, -0.25) is 9.48 Å². The van der Waals surface area contributed by atoms with Gasteiger partial charge in [-0.05, 0) is 38.8 Å². The van der Waals surface area contributed by atoms with E-state index in [0.29, 0.717) is 16.3 Å². The summed E-state index contributed by atoms with van der Waals surface area (Å²) in [5, 5.41) is 4.59. The van der Waals surface area contributed by atoms with Crippen molar-refractivity contribution in [2.75, 3.05) is 0 Å². The van der Waals surface area contributed by atoms with Gasteiger partial charge in [-0.1, -0.05) is 29.8 Å². The van der Waals surface area contributed by atoms with Gasteiger partial charge in [0.15, 0.2) is 0 Å². The summed E-state index contributed by atoms with van der Waals surface area (Å²) < 4.78 is 1.68. The zero-order valence-electron chi connectivity index (χ0n) is 11.6. The number of halogens is 1. The van der Waals surface area contributed by atoms with Crippen LogP contribution in [-0.2, 0) is 0 Å². The van der Waals surface area contributed by atoms with E-state index in [9.17, 15) is 4.79 Å². The van der Waals surface area contributed by atoms with Gasteiger partial charge < -0.3 is 0 Å². The molecule has 19 heavy (non-hydrogen) atoms. The lowest BCUT2D eigenvalue weighted by atomic mass is 9.97. The molecule has 0 spiro atoms. The highest BCUT2D eigenvalue weighted by molar-refractivity contribution is 6.34. The molecule has 2 aromatic rings. The number of benzene rings is 1. The number of carbonyl (C=O) groups is 1. The van der Waals surface area contributed by atoms with Gasteiger partial charge in [0.05, 0.1) is 11.2 Å². The fraction of sp³-hybridized carbons (Fsp3) is 0.333. The third-order valence-electron chi connectivity index (χ3n) is 3.16. The number of aromatic nitrogens is 2. The first-order valence-electron chi connectivity index (χ1n) is 6.27. The SMILES string of the molecule is Cc1cccc(C)c1C(=O)c1c(Cl)cnn1C(C)C. The normalized spacial score (nSPS) is 11.1. The van der Waals surface area contributed by atoms with E-state index >= 15 is 0 Å². The molecular formula is C15H17ClN2O. The van der Waals surface area contributed by atoms with Gasteiger partial charge in [0, 0.05) is 11.6 Å². The van der Waals surface area contributed by atoms with E-state index < -0.39 is 0 Å². The largest absolute Gasteiger partial charge is 0.287 e. The van der Waals surface area contributed by atoms with Crippen LogP contribution in [0.4, 0.5) is 0 Å². The Bertz CT molecular complexity index is 609. The van der Waals surface area contributed by atoms with E-state index in [-0.39, 0.29) is 11.8 Å². The van der Waals surface area contributed by atoms with Crippen molar-refractivity contribution in [3.63, 3.8) is 0 Å². The molecule has 0 unspecified atom stereocenters. The van der Waals surface area contributed by atoms with Crippen LogP contribution in [-0.4, -0.2) is 15.6 Å². The van der Waals surface area contributed by atoms with E-state index in [2.05, 4.69) is 5.10 Å². The molecule has 4 heteroatoms. The van der Waals surface area contributed by atoms with Gasteiger partial charge in [0.25, 0.3) is 0 Å². The van der Waals surface area contributed by atoms with E-state index in [1.54, 1.807) is 4.68 Å². The molecule has 0 radical (unpaired) electrons. The zero-order chi connectivity index (χ0) is 14.2. The Hall–Kier alpha value is -1.61. The summed E-state index contributed by atoms with van der Waals surface area (Å²) in [4.78, 5) is 12.7. The molecule has 100 valence electrons. The molecule has 1 aromatic heterocycles. The Kier molecular flexibility index (Phi) is 3.76. The van der Waals surface area contributed by atoms with Crippen molar-refractivity contribution in [2.45, 2.75) is 33.7 Å². The number of aryl methyl sites for hydroxylation is 2. The van der Waals surface area contributed by atoms with Gasteiger partial charge in [-0.2, -0.15) is 5.10 Å². The number of rotatable bonds is 3. The smallest absolute Gasteiger partial charge is 0.213 e. The maximum atomic E-state index is 12.7. The molecular weight excluding hydrogens is 260 g/mol. The van der Waals surface area contributed by atoms with Crippen molar-refractivity contribution < 1.29 is 4.79 Å². The van der Waals surface area contributed by atoms with Crippen LogP contribution in [0.3, 0.4) is 0 Å². The monoisotopic (exact) mass is 276 g/mol. The van der Waals surface area contributed by atoms with Gasteiger partial charge in [0.2, 0.25) is 5.78 Å². The molecule has 0 bridgehead atoms. The third kappa shape index (κ3) is 2.43. The number of hydrogen-bond donors (Lipinski definition) is 0. The predicted molar refractivity (Wildman–Crippen MR) is 77.0 cm³/mol. The summed E-state index contributed by atoms with van der Waals surface area (Å²) in [7, 11) is 0. The first-order chi connectivity index (χ1) is 8.93. The zero-order valence-corrected chi connectivity index (χ0v) is 12.3. The number of carbonyl (C=O) groups excluding carboxylic acids is 1. The molecule has 1 heterocycles. The van der Waals surface area contributed by atoms with Crippen LogP contribution in [0, 0.1) is 13.8 Å². The second kappa shape index (κ2) is 5.17. The van der Waals surface area contributed by atoms with E-state index in [1.807, 2.05) is 45.9 Å². The molecule has 0 aliphatic heterocycles. The van der Waals surface area contributed by atoms with Crippen LogP contribution in [0.15, 0.2) is 24.4 Å². The minimum atomic E-state index is -0.0631. The lowest BCUT2D eigenvalue weighted by molar-refractivity contribution is 0.102. The van der Waals surface area contributed by atoms with Gasteiger partial charge >= 0.3 is 0 Å². The average Bonchev–Trinajstić information content (AvgIpc) is 2.70. The maximum Gasteiger partial charge on any atom is 0.213 e. The number of nitrogens with zero attached hydrogens (tertiary/aromatic N) is 2. The summed E-state index contributed by atoms with van der Waals surface area (Å²) >= 11 is 6.13. The molecule has 1 aromatic carbocycles. The Balaban J connectivity index is 2.60. The highest BCUT2D eigenvalue weighted by Crippen LogP contribution is 2.25. The first kappa shape index (κ1) is 13.8. The summed E-state index contributed by atoms with van der Waals surface area (Å²) in [5.41, 5.74) is 3.09. The summed E-state index contributed by atoms with van der Waals surface area (Å²) in [6.07, 6.45) is 1.53. The molecule has 3 nitrogen and oxygen atoms in total. The predicted octanol–water partition coefficient (Wildman–Crippen LogP) is 3.97. The maximum absolute atomic E-state index is 12.7. The Morgan fingerprint density at radius 2 is 1.84 bits per heavy atom. The standard InChI is InChI=1S/C15H17ClN2O/c1-9(2)18-14(12(16)8-17-18)15(19)13-10(3)6-5-7-11(13)4/h5-9H,1-4H3. The lowest BCUT2D eigenvalue weighted by Gasteiger charge is -2.13. The van der Waals surface area contributed by atoms with Crippen molar-refractivity contribution in [1.29, 1.82) is 0 Å². The molecule has 0 amide bonds. The summed E-state index contributed by atoms with van der Waals surface area (Å²) in [6, 6.07) is 5.91. The fourth-order valence-electron chi connectivity index (χ4n) is 2.24. The van der Waals surface area contributed by atoms with Crippen molar-refractivity contribution in [3.05, 3.63) is 51.8 Å². The Morgan fingerprint density at radius 1 is 1.26 bits per heavy atom. The van der Waals surface area contributed by atoms with Crippen molar-refractivity contribution >= 4 is 17.4 Å². The number of hydrogen-bond acceptors (Lipinski definition) is 2. The molecule has 0 N–H and O–H groups in total. The number of ketones is 1. The Morgan fingerprint density at radius 3 is 2.37 bits per heavy atom. The van der Waals surface area contributed by atoms with Crippen LogP contribution >= 0.6 is 11.6 Å².